The highest BCUT2D eigenvalue weighted by atomic mass is 16.3. The molecule has 1 aromatic rings. The van der Waals surface area contributed by atoms with E-state index in [4.69, 9.17) is 4.42 Å². The Balaban J connectivity index is 2.80. The van der Waals surface area contributed by atoms with Crippen LogP contribution in [0.3, 0.4) is 0 Å². The van der Waals surface area contributed by atoms with Crippen molar-refractivity contribution in [2.45, 2.75) is 6.92 Å². The maximum atomic E-state index is 4.92. The molecule has 0 unspecified atom stereocenters. The van der Waals surface area contributed by atoms with Crippen LogP contribution in [0.4, 0.5) is 0 Å². The monoisotopic (exact) mass is 122 g/mol. The summed E-state index contributed by atoms with van der Waals surface area (Å²) >= 11 is 0. The first kappa shape index (κ1) is 6.08. The standard InChI is InChI=1S/C7H8NO/c1-6(2)5-7-8-3-4-9-7/h3-5H,1H2,2H3. The molecule has 2 heteroatoms. The molecule has 0 spiro atoms. The Morgan fingerprint density at radius 2 is 2.67 bits per heavy atom. The van der Waals surface area contributed by atoms with E-state index in [-0.39, 0.29) is 0 Å². The second kappa shape index (κ2) is 2.49. The lowest BCUT2D eigenvalue weighted by molar-refractivity contribution is 0.546. The van der Waals surface area contributed by atoms with Gasteiger partial charge in [-0.2, -0.15) is 0 Å². The molecule has 0 aromatic carbocycles. The van der Waals surface area contributed by atoms with Gasteiger partial charge in [-0.15, -0.1) is 0 Å². The SMILES string of the molecule is [CH2]C(C)=Cc1ncco1. The van der Waals surface area contributed by atoms with Gasteiger partial charge in [-0.05, 0) is 19.9 Å². The molecule has 1 radical (unpaired) electrons. The van der Waals surface area contributed by atoms with Crippen molar-refractivity contribution in [3.05, 3.63) is 30.8 Å². The van der Waals surface area contributed by atoms with E-state index in [9.17, 15) is 0 Å². The van der Waals surface area contributed by atoms with Crippen molar-refractivity contribution in [1.82, 2.24) is 4.98 Å². The molecular formula is C7H8NO. The van der Waals surface area contributed by atoms with E-state index in [1.165, 1.54) is 6.26 Å². The molecular weight excluding hydrogens is 114 g/mol. The number of nitrogens with zero attached hydrogens (tertiary/aromatic N) is 1. The van der Waals surface area contributed by atoms with Crippen molar-refractivity contribution in [3.63, 3.8) is 0 Å². The molecule has 1 heterocycles. The number of aromatic nitrogens is 1. The van der Waals surface area contributed by atoms with Crippen molar-refractivity contribution < 1.29 is 4.42 Å². The van der Waals surface area contributed by atoms with Crippen molar-refractivity contribution in [3.8, 4) is 0 Å². The van der Waals surface area contributed by atoms with Crippen LogP contribution in [-0.4, -0.2) is 4.98 Å². The van der Waals surface area contributed by atoms with Gasteiger partial charge in [0.25, 0.3) is 0 Å². The average molecular weight is 122 g/mol. The van der Waals surface area contributed by atoms with Crippen molar-refractivity contribution in [2.75, 3.05) is 0 Å². The van der Waals surface area contributed by atoms with E-state index in [1.807, 2.05) is 6.92 Å². The van der Waals surface area contributed by atoms with Crippen LogP contribution in [0.25, 0.3) is 6.08 Å². The molecule has 47 valence electrons. The molecule has 0 N–H and O–H groups in total. The van der Waals surface area contributed by atoms with E-state index < -0.39 is 0 Å². The fraction of sp³-hybridized carbons (Fsp3) is 0.143. The molecule has 0 aliphatic heterocycles. The first-order valence-corrected chi connectivity index (χ1v) is 2.69. The van der Waals surface area contributed by atoms with Gasteiger partial charge in [-0.1, -0.05) is 5.57 Å². The summed E-state index contributed by atoms with van der Waals surface area (Å²) < 4.78 is 4.92. The minimum atomic E-state index is 0.613. The Morgan fingerprint density at radius 3 is 3.11 bits per heavy atom. The third kappa shape index (κ3) is 1.72. The minimum Gasteiger partial charge on any atom is -0.445 e. The van der Waals surface area contributed by atoms with Gasteiger partial charge in [0.1, 0.15) is 6.26 Å². The summed E-state index contributed by atoms with van der Waals surface area (Å²) in [5.74, 6) is 0.613. The second-order valence-electron chi connectivity index (χ2n) is 1.86. The van der Waals surface area contributed by atoms with Crippen LogP contribution in [0, 0.1) is 6.92 Å². The summed E-state index contributed by atoms with van der Waals surface area (Å²) in [6.07, 6.45) is 4.92. The third-order valence-electron chi connectivity index (χ3n) is 0.821. The van der Waals surface area contributed by atoms with Crippen LogP contribution in [-0.2, 0) is 0 Å². The first-order valence-electron chi connectivity index (χ1n) is 2.69. The Labute approximate surface area is 54.2 Å². The zero-order valence-corrected chi connectivity index (χ0v) is 5.29. The predicted octanol–water partition coefficient (Wildman–Crippen LogP) is 1.91. The lowest BCUT2D eigenvalue weighted by Gasteiger charge is -1.82. The normalized spacial score (nSPS) is 12.0. The lowest BCUT2D eigenvalue weighted by atomic mass is 10.3. The van der Waals surface area contributed by atoms with Crippen molar-refractivity contribution in [2.24, 2.45) is 0 Å². The highest BCUT2D eigenvalue weighted by Gasteiger charge is 1.87. The predicted molar refractivity (Wildman–Crippen MR) is 35.5 cm³/mol. The molecule has 1 aromatic heterocycles. The Bertz CT molecular complexity index is 195. The number of hydrogen-bond acceptors (Lipinski definition) is 2. The van der Waals surface area contributed by atoms with E-state index >= 15 is 0 Å². The first-order chi connectivity index (χ1) is 4.29. The summed E-state index contributed by atoms with van der Waals surface area (Å²) in [5, 5.41) is 0. The highest BCUT2D eigenvalue weighted by molar-refractivity contribution is 5.43. The van der Waals surface area contributed by atoms with E-state index in [0.717, 1.165) is 5.57 Å². The van der Waals surface area contributed by atoms with Crippen LogP contribution in [0.1, 0.15) is 12.8 Å². The number of oxazole rings is 1. The summed E-state index contributed by atoms with van der Waals surface area (Å²) in [5.41, 5.74) is 0.942. The van der Waals surface area contributed by atoms with E-state index in [2.05, 4.69) is 11.9 Å². The summed E-state index contributed by atoms with van der Waals surface area (Å²) in [4.78, 5) is 3.87. The van der Waals surface area contributed by atoms with Gasteiger partial charge in [0.05, 0.1) is 6.20 Å². The van der Waals surface area contributed by atoms with Gasteiger partial charge in [0.15, 0.2) is 0 Å². The maximum absolute atomic E-state index is 4.92. The third-order valence-corrected chi connectivity index (χ3v) is 0.821. The van der Waals surface area contributed by atoms with Crippen molar-refractivity contribution >= 4 is 6.08 Å². The average Bonchev–Trinajstić information content (AvgIpc) is 2.15. The minimum absolute atomic E-state index is 0.613. The molecule has 0 amide bonds. The molecule has 9 heavy (non-hydrogen) atoms. The summed E-state index contributed by atoms with van der Waals surface area (Å²) in [6, 6.07) is 0. The molecule has 0 bridgehead atoms. The zero-order valence-electron chi connectivity index (χ0n) is 5.29. The van der Waals surface area contributed by atoms with E-state index in [0.29, 0.717) is 5.89 Å². The number of rotatable bonds is 1. The summed E-state index contributed by atoms with van der Waals surface area (Å²) in [6.45, 7) is 5.57. The van der Waals surface area contributed by atoms with Crippen LogP contribution in [0.2, 0.25) is 0 Å². The largest absolute Gasteiger partial charge is 0.445 e. The molecule has 2 nitrogen and oxygen atoms in total. The highest BCUT2D eigenvalue weighted by Crippen LogP contribution is 2.00. The van der Waals surface area contributed by atoms with Crippen LogP contribution in [0.15, 0.2) is 22.5 Å². The quantitative estimate of drug-likeness (QED) is 0.568. The molecule has 0 fully saturated rings. The lowest BCUT2D eigenvalue weighted by Crippen LogP contribution is -1.69. The molecule has 0 aliphatic carbocycles. The Morgan fingerprint density at radius 1 is 1.89 bits per heavy atom. The van der Waals surface area contributed by atoms with Gasteiger partial charge >= 0.3 is 0 Å². The fourth-order valence-corrected chi connectivity index (χ4v) is 0.517. The smallest absolute Gasteiger partial charge is 0.218 e. The van der Waals surface area contributed by atoms with Gasteiger partial charge < -0.3 is 4.42 Å². The molecule has 1 rings (SSSR count). The molecule has 0 saturated carbocycles. The van der Waals surface area contributed by atoms with Crippen molar-refractivity contribution in [1.29, 1.82) is 0 Å². The van der Waals surface area contributed by atoms with E-state index in [1.54, 1.807) is 12.3 Å². The number of hydrogen-bond donors (Lipinski definition) is 0. The van der Waals surface area contributed by atoms with Gasteiger partial charge in [-0.3, -0.25) is 0 Å². The zero-order chi connectivity index (χ0) is 6.69. The Hall–Kier alpha value is -1.05. The Kier molecular flexibility index (Phi) is 1.68. The summed E-state index contributed by atoms with van der Waals surface area (Å²) in [7, 11) is 0. The van der Waals surface area contributed by atoms with Crippen LogP contribution >= 0.6 is 0 Å². The fourth-order valence-electron chi connectivity index (χ4n) is 0.517. The molecule has 0 aliphatic rings. The van der Waals surface area contributed by atoms with Gasteiger partial charge in [-0.25, -0.2) is 4.98 Å². The topological polar surface area (TPSA) is 26.0 Å². The van der Waals surface area contributed by atoms with Gasteiger partial charge in [0.2, 0.25) is 5.89 Å². The van der Waals surface area contributed by atoms with Crippen LogP contribution < -0.4 is 0 Å². The maximum Gasteiger partial charge on any atom is 0.218 e. The second-order valence-corrected chi connectivity index (χ2v) is 1.86. The van der Waals surface area contributed by atoms with Gasteiger partial charge in [0, 0.05) is 0 Å². The van der Waals surface area contributed by atoms with Crippen LogP contribution in [0.5, 0.6) is 0 Å². The molecule has 0 saturated heterocycles. The number of allylic oxidation sites excluding steroid dienone is 1. The molecule has 0 atom stereocenters.